The summed E-state index contributed by atoms with van der Waals surface area (Å²) in [6.45, 7) is 7.04. The molecule has 0 radical (unpaired) electrons. The Morgan fingerprint density at radius 1 is 1.10 bits per heavy atom. The number of amides is 1. The van der Waals surface area contributed by atoms with E-state index in [9.17, 15) is 27.6 Å². The van der Waals surface area contributed by atoms with E-state index in [4.69, 9.17) is 19.8 Å². The molecule has 3 N–H and O–H groups in total. The van der Waals surface area contributed by atoms with Crippen molar-refractivity contribution in [3.8, 4) is 0 Å². The van der Waals surface area contributed by atoms with E-state index in [0.29, 0.717) is 36.5 Å². The predicted octanol–water partition coefficient (Wildman–Crippen LogP) is 4.89. The molecule has 0 saturated heterocycles. The first-order valence-electron chi connectivity index (χ1n) is 14.5. The van der Waals surface area contributed by atoms with Crippen LogP contribution in [-0.4, -0.2) is 77.5 Å². The van der Waals surface area contributed by atoms with Gasteiger partial charge >= 0.3 is 24.2 Å². The van der Waals surface area contributed by atoms with Crippen LogP contribution < -0.4 is 5.32 Å². The van der Waals surface area contributed by atoms with Gasteiger partial charge in [0, 0.05) is 25.4 Å². The first kappa shape index (κ1) is 33.5. The first-order chi connectivity index (χ1) is 19.5. The molecule has 42 heavy (non-hydrogen) atoms. The summed E-state index contributed by atoms with van der Waals surface area (Å²) in [5.74, 6) is -1.37. The van der Waals surface area contributed by atoms with E-state index >= 15 is 0 Å². The summed E-state index contributed by atoms with van der Waals surface area (Å²) < 4.78 is 31.7. The van der Waals surface area contributed by atoms with Crippen LogP contribution in [0.5, 0.6) is 0 Å². The largest absolute Gasteiger partial charge is 0.490 e. The number of nitrogens with zero attached hydrogens (tertiary/aromatic N) is 2. The molecule has 0 aromatic rings. The van der Waals surface area contributed by atoms with Gasteiger partial charge in [0.05, 0.1) is 5.71 Å². The summed E-state index contributed by atoms with van der Waals surface area (Å²) in [4.78, 5) is 51.0. The summed E-state index contributed by atoms with van der Waals surface area (Å²) in [5.41, 5.74) is 2.50. The first-order valence-corrected chi connectivity index (χ1v) is 14.5. The van der Waals surface area contributed by atoms with Crippen molar-refractivity contribution in [1.82, 2.24) is 10.2 Å². The van der Waals surface area contributed by atoms with Crippen LogP contribution in [0.15, 0.2) is 16.8 Å². The fraction of sp³-hybridized carbons (Fsp3) is 0.759. The molecule has 3 saturated carbocycles. The number of aliphatic carboxylic acids is 2. The lowest BCUT2D eigenvalue weighted by atomic mass is 9.46. The summed E-state index contributed by atoms with van der Waals surface area (Å²) in [6, 6.07) is 0. The van der Waals surface area contributed by atoms with Gasteiger partial charge in [0.25, 0.3) is 0 Å². The number of fused-ring (bicyclic) bond motifs is 5. The van der Waals surface area contributed by atoms with Gasteiger partial charge in [0.1, 0.15) is 6.54 Å². The number of hydrogen-bond donors (Lipinski definition) is 3. The quantitative estimate of drug-likeness (QED) is 0.213. The highest BCUT2D eigenvalue weighted by molar-refractivity contribution is 5.91. The molecule has 0 aliphatic heterocycles. The molecule has 0 aromatic carbocycles. The van der Waals surface area contributed by atoms with E-state index in [2.05, 4.69) is 24.3 Å². The van der Waals surface area contributed by atoms with Gasteiger partial charge < -0.3 is 15.5 Å². The molecule has 0 heterocycles. The molecule has 4 aliphatic carbocycles. The maximum atomic E-state index is 12.5. The van der Waals surface area contributed by atoms with Gasteiger partial charge in [-0.2, -0.15) is 13.2 Å². The molecule has 0 spiro atoms. The smallest absolute Gasteiger partial charge is 0.480 e. The zero-order chi connectivity index (χ0) is 31.5. The van der Waals surface area contributed by atoms with E-state index in [1.165, 1.54) is 12.0 Å². The number of carbonyl (C=O) groups excluding carboxylic acids is 2. The van der Waals surface area contributed by atoms with Crippen molar-refractivity contribution in [2.45, 2.75) is 78.3 Å². The van der Waals surface area contributed by atoms with Crippen LogP contribution in [0.25, 0.3) is 0 Å². The fourth-order valence-electron chi connectivity index (χ4n) is 8.12. The SMILES string of the molecule is CNCCN(CC(=O)O)C(=O)O/N=C(\C)[C@H]1CC[C@H]2[C@@H]3CCC4=CC(=O)CC[C@]4(C)[C@H]3CC[C@]12C.O=C(O)C(F)(F)F. The van der Waals surface area contributed by atoms with E-state index in [-0.39, 0.29) is 23.3 Å². The number of carboxylic acids is 2. The molecule has 0 bridgehead atoms. The number of carboxylic acid groups (broad SMARTS) is 2. The number of nitrogens with one attached hydrogen (secondary N) is 1. The summed E-state index contributed by atoms with van der Waals surface area (Å²) in [5, 5.41) is 23.4. The highest BCUT2D eigenvalue weighted by Gasteiger charge is 2.59. The van der Waals surface area contributed by atoms with Crippen LogP contribution in [0.3, 0.4) is 0 Å². The molecule has 3 fully saturated rings. The van der Waals surface area contributed by atoms with Crippen LogP contribution in [0.4, 0.5) is 18.0 Å². The molecule has 13 heteroatoms. The van der Waals surface area contributed by atoms with Gasteiger partial charge in [-0.3, -0.25) is 19.3 Å². The van der Waals surface area contributed by atoms with Gasteiger partial charge in [-0.1, -0.05) is 24.6 Å². The van der Waals surface area contributed by atoms with Crippen molar-refractivity contribution in [2.75, 3.05) is 26.7 Å². The van der Waals surface area contributed by atoms with Gasteiger partial charge in [0.2, 0.25) is 0 Å². The third-order valence-corrected chi connectivity index (χ3v) is 10.2. The minimum Gasteiger partial charge on any atom is -0.480 e. The summed E-state index contributed by atoms with van der Waals surface area (Å²) in [6.07, 6.45) is 4.49. The Kier molecular flexibility index (Phi) is 10.5. The maximum absolute atomic E-state index is 12.5. The third-order valence-electron chi connectivity index (χ3n) is 10.2. The number of allylic oxidation sites excluding steroid dienone is 1. The van der Waals surface area contributed by atoms with Crippen molar-refractivity contribution in [3.63, 3.8) is 0 Å². The number of hydrogen-bond acceptors (Lipinski definition) is 7. The van der Waals surface area contributed by atoms with Crippen molar-refractivity contribution in [1.29, 1.82) is 0 Å². The zero-order valence-corrected chi connectivity index (χ0v) is 24.6. The third kappa shape index (κ3) is 7.15. The normalized spacial score (nSPS) is 32.3. The van der Waals surface area contributed by atoms with Gasteiger partial charge in [-0.15, -0.1) is 0 Å². The Labute approximate surface area is 243 Å². The van der Waals surface area contributed by atoms with Crippen molar-refractivity contribution in [2.24, 2.45) is 39.7 Å². The lowest BCUT2D eigenvalue weighted by Crippen LogP contribution is -2.51. The molecule has 1 amide bonds. The van der Waals surface area contributed by atoms with Crippen LogP contribution >= 0.6 is 0 Å². The van der Waals surface area contributed by atoms with Gasteiger partial charge in [0.15, 0.2) is 5.78 Å². The Morgan fingerprint density at radius 2 is 1.76 bits per heavy atom. The van der Waals surface area contributed by atoms with Crippen molar-refractivity contribution < 1.29 is 47.4 Å². The van der Waals surface area contributed by atoms with E-state index in [1.807, 2.05) is 13.0 Å². The second-order valence-corrected chi connectivity index (χ2v) is 12.5. The number of alkyl halides is 3. The number of carbonyl (C=O) groups is 4. The molecule has 10 nitrogen and oxygen atoms in total. The number of ketones is 1. The second kappa shape index (κ2) is 13.1. The number of likely N-dealkylation sites (N-methyl/N-ethyl adjacent to an activating group) is 1. The Hall–Kier alpha value is -2.96. The lowest BCUT2D eigenvalue weighted by Gasteiger charge is -2.58. The molecular formula is C29H42F3N3O7. The molecule has 0 unspecified atom stereocenters. The average Bonchev–Trinajstić information content (AvgIpc) is 3.26. The van der Waals surface area contributed by atoms with E-state index in [1.54, 1.807) is 7.05 Å². The van der Waals surface area contributed by atoms with Gasteiger partial charge in [-0.25, -0.2) is 9.59 Å². The second-order valence-electron chi connectivity index (χ2n) is 12.5. The summed E-state index contributed by atoms with van der Waals surface area (Å²) in [7, 11) is 1.75. The topological polar surface area (TPSA) is 146 Å². The number of halogens is 3. The zero-order valence-electron chi connectivity index (χ0n) is 24.6. The van der Waals surface area contributed by atoms with Crippen LogP contribution in [0.1, 0.15) is 72.1 Å². The Balaban J connectivity index is 0.000000616. The monoisotopic (exact) mass is 601 g/mol. The summed E-state index contributed by atoms with van der Waals surface area (Å²) >= 11 is 0. The molecule has 0 aromatic heterocycles. The minimum atomic E-state index is -5.08. The lowest BCUT2D eigenvalue weighted by molar-refractivity contribution is -0.192. The Morgan fingerprint density at radius 3 is 2.36 bits per heavy atom. The van der Waals surface area contributed by atoms with Crippen molar-refractivity contribution >= 4 is 29.5 Å². The molecule has 236 valence electrons. The van der Waals surface area contributed by atoms with E-state index in [0.717, 1.165) is 49.1 Å². The number of rotatable bonds is 7. The highest BCUT2D eigenvalue weighted by Crippen LogP contribution is 2.66. The average molecular weight is 602 g/mol. The molecule has 4 rings (SSSR count). The Bertz CT molecular complexity index is 1120. The fourth-order valence-corrected chi connectivity index (χ4v) is 8.12. The molecule has 6 atom stereocenters. The number of oxime groups is 1. The van der Waals surface area contributed by atoms with Crippen LogP contribution in [0.2, 0.25) is 0 Å². The minimum absolute atomic E-state index is 0.121. The predicted molar refractivity (Wildman–Crippen MR) is 147 cm³/mol. The van der Waals surface area contributed by atoms with Crippen LogP contribution in [0, 0.1) is 34.5 Å². The van der Waals surface area contributed by atoms with Gasteiger partial charge in [-0.05, 0) is 93.6 Å². The van der Waals surface area contributed by atoms with Crippen molar-refractivity contribution in [3.05, 3.63) is 11.6 Å². The molecular weight excluding hydrogens is 559 g/mol. The van der Waals surface area contributed by atoms with Crippen LogP contribution in [-0.2, 0) is 19.2 Å². The molecule has 4 aliphatic rings. The highest BCUT2D eigenvalue weighted by atomic mass is 19.4. The maximum Gasteiger partial charge on any atom is 0.490 e. The van der Waals surface area contributed by atoms with E-state index < -0.39 is 30.8 Å². The standard InChI is InChI=1S/C27H41N3O5.C2HF3O2/c1-17(29-35-25(34)30(14-13-28-4)16-24(32)33)21-7-8-22-20-6-5-18-15-19(31)9-11-26(18,2)23(20)10-12-27(21,22)3;3-2(4,5)1(6)7/h15,20-23,28H,5-14,16H2,1-4H3,(H,32,33);(H,6,7)/b29-17+;/t20-,21+,22-,23-,26-,27+;/m0./s1.